The highest BCUT2D eigenvalue weighted by Crippen LogP contribution is 2.59. The lowest BCUT2D eigenvalue weighted by Gasteiger charge is -2.47. The molecular formula is C21H30O5. The molecular weight excluding hydrogens is 332 g/mol. The van der Waals surface area contributed by atoms with E-state index in [1.165, 1.54) is 0 Å². The number of allylic oxidation sites excluding steroid dienone is 3. The number of ketones is 1. The molecule has 3 aliphatic carbocycles. The van der Waals surface area contributed by atoms with Crippen molar-refractivity contribution in [3.05, 3.63) is 35.5 Å². The molecule has 5 heteroatoms. The second-order valence-corrected chi connectivity index (χ2v) is 8.45. The Kier molecular flexibility index (Phi) is 5.28. The number of aliphatic hydroxyl groups is 4. The van der Waals surface area contributed by atoms with Gasteiger partial charge in [-0.2, -0.15) is 0 Å². The number of carbonyl (C=O) groups is 1. The summed E-state index contributed by atoms with van der Waals surface area (Å²) in [6, 6.07) is 0. The van der Waals surface area contributed by atoms with Gasteiger partial charge >= 0.3 is 0 Å². The molecule has 0 heterocycles. The quantitative estimate of drug-likeness (QED) is 0.614. The summed E-state index contributed by atoms with van der Waals surface area (Å²) in [5.41, 5.74) is 0.707. The van der Waals surface area contributed by atoms with Gasteiger partial charge in [0.25, 0.3) is 0 Å². The lowest BCUT2D eigenvalue weighted by Crippen LogP contribution is -2.55. The van der Waals surface area contributed by atoms with Crippen LogP contribution in [0.1, 0.15) is 51.9 Å². The van der Waals surface area contributed by atoms with Gasteiger partial charge in [0.2, 0.25) is 0 Å². The zero-order valence-corrected chi connectivity index (χ0v) is 15.4. The molecule has 3 aliphatic rings. The van der Waals surface area contributed by atoms with Crippen LogP contribution < -0.4 is 0 Å². The Hall–Kier alpha value is -1.27. The Morgan fingerprint density at radius 3 is 2.65 bits per heavy atom. The monoisotopic (exact) mass is 362 g/mol. The van der Waals surface area contributed by atoms with Gasteiger partial charge < -0.3 is 20.4 Å². The number of rotatable bonds is 3. The fourth-order valence-corrected chi connectivity index (χ4v) is 5.30. The predicted molar refractivity (Wildman–Crippen MR) is 98.3 cm³/mol. The van der Waals surface area contributed by atoms with E-state index in [4.69, 9.17) is 0 Å². The first-order chi connectivity index (χ1) is 12.2. The highest BCUT2D eigenvalue weighted by Gasteiger charge is 2.62. The third kappa shape index (κ3) is 3.11. The number of hydrogen-bond acceptors (Lipinski definition) is 5. The van der Waals surface area contributed by atoms with Crippen molar-refractivity contribution >= 4 is 5.78 Å². The first-order valence-corrected chi connectivity index (χ1v) is 9.51. The van der Waals surface area contributed by atoms with Crippen LogP contribution in [0.3, 0.4) is 0 Å². The normalized spacial score (nSPS) is 43.7. The van der Waals surface area contributed by atoms with Crippen molar-refractivity contribution < 1.29 is 25.2 Å². The molecule has 0 aromatic rings. The van der Waals surface area contributed by atoms with Gasteiger partial charge in [-0.1, -0.05) is 36.8 Å². The number of fused-ring (bicyclic) bond motifs is 1. The average Bonchev–Trinajstić information content (AvgIpc) is 2.86. The highest BCUT2D eigenvalue weighted by molar-refractivity contribution is 5.89. The summed E-state index contributed by atoms with van der Waals surface area (Å²) in [6.07, 6.45) is 6.92. The topological polar surface area (TPSA) is 98.0 Å². The summed E-state index contributed by atoms with van der Waals surface area (Å²) >= 11 is 0. The largest absolute Gasteiger partial charge is 0.393 e. The van der Waals surface area contributed by atoms with Crippen LogP contribution in [0, 0.1) is 11.3 Å². The Labute approximate surface area is 154 Å². The Morgan fingerprint density at radius 1 is 1.23 bits per heavy atom. The van der Waals surface area contributed by atoms with Crippen molar-refractivity contribution in [3.63, 3.8) is 0 Å². The molecule has 26 heavy (non-hydrogen) atoms. The van der Waals surface area contributed by atoms with Crippen molar-refractivity contribution in [3.8, 4) is 0 Å². The molecule has 144 valence electrons. The molecule has 5 nitrogen and oxygen atoms in total. The van der Waals surface area contributed by atoms with Crippen LogP contribution >= 0.6 is 0 Å². The van der Waals surface area contributed by atoms with Gasteiger partial charge in [0.05, 0.1) is 12.2 Å². The number of Topliss-reactive ketones (excluding diaryl/α,β-unsaturated/α-hetero) is 1. The van der Waals surface area contributed by atoms with Crippen molar-refractivity contribution in [2.24, 2.45) is 11.3 Å². The maximum Gasteiger partial charge on any atom is 0.190 e. The Balaban J connectivity index is 1.92. The third-order valence-corrected chi connectivity index (χ3v) is 6.88. The molecule has 3 saturated carbocycles. The van der Waals surface area contributed by atoms with Gasteiger partial charge in [0.15, 0.2) is 5.78 Å². The molecule has 0 saturated heterocycles. The fraction of sp³-hybridized carbons (Fsp3) is 0.667. The third-order valence-electron chi connectivity index (χ3n) is 6.88. The van der Waals surface area contributed by atoms with Crippen molar-refractivity contribution in [1.82, 2.24) is 0 Å². The van der Waals surface area contributed by atoms with Gasteiger partial charge in [-0.05, 0) is 56.4 Å². The van der Waals surface area contributed by atoms with Crippen LogP contribution in [0.5, 0.6) is 0 Å². The van der Waals surface area contributed by atoms with E-state index in [0.717, 1.165) is 29.6 Å². The maximum absolute atomic E-state index is 12.2. The molecule has 4 N–H and O–H groups in total. The molecule has 0 spiro atoms. The van der Waals surface area contributed by atoms with Crippen LogP contribution in [0.4, 0.5) is 0 Å². The van der Waals surface area contributed by atoms with Gasteiger partial charge in [0.1, 0.15) is 12.2 Å². The summed E-state index contributed by atoms with van der Waals surface area (Å²) in [6.45, 7) is 5.24. The van der Waals surface area contributed by atoms with E-state index in [0.29, 0.717) is 32.1 Å². The van der Waals surface area contributed by atoms with Gasteiger partial charge in [-0.25, -0.2) is 0 Å². The second-order valence-electron chi connectivity index (χ2n) is 8.45. The van der Waals surface area contributed by atoms with E-state index in [1.807, 2.05) is 19.1 Å². The maximum atomic E-state index is 12.2. The van der Waals surface area contributed by atoms with Crippen LogP contribution in [0.25, 0.3) is 0 Å². The Morgan fingerprint density at radius 2 is 1.96 bits per heavy atom. The number of hydrogen-bond donors (Lipinski definition) is 4. The summed E-state index contributed by atoms with van der Waals surface area (Å²) in [5.74, 6) is -0.567. The van der Waals surface area contributed by atoms with Crippen molar-refractivity contribution in [1.29, 1.82) is 0 Å². The minimum Gasteiger partial charge on any atom is -0.393 e. The zero-order chi connectivity index (χ0) is 19.1. The van der Waals surface area contributed by atoms with E-state index in [1.54, 1.807) is 0 Å². The SMILES string of the molecule is C=C1CC[C@@H](O)C/C1=C/C=C1\C[C@@H](O)C[C@@]2(C)[C@H]1CC[C@@]2(O)C(=O)CO. The van der Waals surface area contributed by atoms with E-state index in [9.17, 15) is 25.2 Å². The molecule has 0 bridgehead atoms. The minimum atomic E-state index is -1.59. The second kappa shape index (κ2) is 7.04. The first-order valence-electron chi connectivity index (χ1n) is 9.51. The predicted octanol–water partition coefficient (Wildman–Crippen LogP) is 1.80. The Bertz CT molecular complexity index is 663. The van der Waals surface area contributed by atoms with Crippen LogP contribution in [-0.2, 0) is 4.79 Å². The van der Waals surface area contributed by atoms with E-state index < -0.39 is 29.5 Å². The molecule has 0 aromatic carbocycles. The molecule has 0 aliphatic heterocycles. The zero-order valence-electron chi connectivity index (χ0n) is 15.4. The van der Waals surface area contributed by atoms with Crippen molar-refractivity contribution in [2.75, 3.05) is 6.61 Å². The highest BCUT2D eigenvalue weighted by atomic mass is 16.3. The van der Waals surface area contributed by atoms with E-state index in [-0.39, 0.29) is 12.0 Å². The number of carbonyl (C=O) groups excluding carboxylic acids is 1. The standard InChI is InChI=1S/C21H30O5/c1-13-3-6-16(23)9-14(13)4-5-15-10-17(24)11-20(2)18(15)7-8-21(20,26)19(25)12-22/h4-5,16-18,22-24,26H,1,3,6-12H2,2H3/b14-4-,15-5+/t16-,17-,18+,20+,21-/m1/s1. The fourth-order valence-electron chi connectivity index (χ4n) is 5.30. The van der Waals surface area contributed by atoms with Gasteiger partial charge in [-0.3, -0.25) is 4.79 Å². The van der Waals surface area contributed by atoms with Crippen LogP contribution in [-0.4, -0.2) is 50.6 Å². The van der Waals surface area contributed by atoms with Gasteiger partial charge in [0, 0.05) is 5.41 Å². The molecule has 5 atom stereocenters. The summed E-state index contributed by atoms with van der Waals surface area (Å²) < 4.78 is 0. The van der Waals surface area contributed by atoms with Crippen LogP contribution in [0.15, 0.2) is 35.5 Å². The lowest BCUT2D eigenvalue weighted by atomic mass is 9.60. The summed E-state index contributed by atoms with van der Waals surface area (Å²) in [5, 5.41) is 40.6. The smallest absolute Gasteiger partial charge is 0.190 e. The molecule has 0 amide bonds. The molecule has 0 unspecified atom stereocenters. The minimum absolute atomic E-state index is 0.00923. The van der Waals surface area contributed by atoms with Crippen molar-refractivity contribution in [2.45, 2.75) is 69.7 Å². The molecule has 3 fully saturated rings. The average molecular weight is 362 g/mol. The summed E-state index contributed by atoms with van der Waals surface area (Å²) in [4.78, 5) is 12.2. The van der Waals surface area contributed by atoms with E-state index in [2.05, 4.69) is 6.58 Å². The molecule has 0 radical (unpaired) electrons. The van der Waals surface area contributed by atoms with Gasteiger partial charge in [-0.15, -0.1) is 0 Å². The molecule has 3 rings (SSSR count). The number of aliphatic hydroxyl groups excluding tert-OH is 3. The first kappa shape index (κ1) is 19.5. The van der Waals surface area contributed by atoms with Crippen LogP contribution in [0.2, 0.25) is 0 Å². The lowest BCUT2D eigenvalue weighted by molar-refractivity contribution is -0.158. The molecule has 0 aromatic heterocycles. The summed E-state index contributed by atoms with van der Waals surface area (Å²) in [7, 11) is 0. The van der Waals surface area contributed by atoms with E-state index >= 15 is 0 Å².